The zero-order valence-corrected chi connectivity index (χ0v) is 57.3. The van der Waals surface area contributed by atoms with Crippen LogP contribution in [0.4, 0.5) is 0 Å². The monoisotopic (exact) mass is 1470 g/mol. The molecule has 92 heavy (non-hydrogen) atoms. The van der Waals surface area contributed by atoms with Crippen LogP contribution in [-0.2, 0) is 28.3 Å². The van der Waals surface area contributed by atoms with Gasteiger partial charge in [-0.2, -0.15) is 0 Å². The van der Waals surface area contributed by atoms with Gasteiger partial charge in [0.1, 0.15) is 0 Å². The van der Waals surface area contributed by atoms with Gasteiger partial charge >= 0.3 is 48.4 Å². The molecule has 4 aliphatic heterocycles. The quantitative estimate of drug-likeness (QED) is 0.0244. The topological polar surface area (TPSA) is 338 Å². The predicted octanol–water partition coefficient (Wildman–Crippen LogP) is 5.15. The normalized spacial score (nSPS) is 10.7. The number of aliphatic hydroxyl groups is 1. The number of phenolic OH excluding ortho intramolecular Hbond substituents is 5. The van der Waals surface area contributed by atoms with Crippen molar-refractivity contribution in [3.63, 3.8) is 0 Å². The molecular weight excluding hydrogens is 1400 g/mol. The van der Waals surface area contributed by atoms with E-state index in [0.29, 0.717) is 97.3 Å². The Hall–Kier alpha value is -6.41. The summed E-state index contributed by atoms with van der Waals surface area (Å²) < 4.78 is 75.9. The number of benzene rings is 6. The van der Waals surface area contributed by atoms with Crippen molar-refractivity contribution >= 4 is 104 Å². The number of hydrogen-bond acceptors (Lipinski definition) is 24. The summed E-state index contributed by atoms with van der Waals surface area (Å²) in [6.45, 7) is 16.8. The first-order chi connectivity index (χ1) is 42.0. The molecule has 6 aromatic rings. The second-order valence-electron chi connectivity index (χ2n) is 16.5. The van der Waals surface area contributed by atoms with E-state index in [2.05, 4.69) is 42.1 Å². The second kappa shape index (κ2) is 47.5. The summed E-state index contributed by atoms with van der Waals surface area (Å²) in [5.41, 5.74) is 3.60. The number of rotatable bonds is 11. The molecule has 492 valence electrons. The third-order valence-electron chi connectivity index (χ3n) is 11.0. The molecule has 4 heterocycles. The van der Waals surface area contributed by atoms with Gasteiger partial charge in [-0.15, -0.1) is 23.2 Å². The number of halogens is 5. The zero-order valence-electron chi connectivity index (χ0n) is 50.9. The van der Waals surface area contributed by atoms with Crippen molar-refractivity contribution in [2.75, 3.05) is 67.5 Å². The van der Waals surface area contributed by atoms with Gasteiger partial charge in [0.2, 0.25) is 71.7 Å². The fraction of sp³-hybridized carbons (Fsp3) is 0.293. The first-order valence-electron chi connectivity index (χ1n) is 24.3. The van der Waals surface area contributed by atoms with E-state index in [0.717, 1.165) is 28.8 Å². The number of phenols is 5. The van der Waals surface area contributed by atoms with Crippen LogP contribution in [0.3, 0.4) is 0 Å². The van der Waals surface area contributed by atoms with E-state index >= 15 is 0 Å². The zero-order chi connectivity index (χ0) is 66.2. The van der Waals surface area contributed by atoms with E-state index < -0.39 is 26.5 Å². The van der Waals surface area contributed by atoms with Crippen LogP contribution in [0, 0.1) is 18.4 Å². The maximum atomic E-state index is 11.2. The van der Waals surface area contributed by atoms with Crippen molar-refractivity contribution in [3.8, 4) is 103 Å². The molecule has 0 bridgehead atoms. The number of alkyl halides is 3. The summed E-state index contributed by atoms with van der Waals surface area (Å²) in [6, 6.07) is 18.8. The summed E-state index contributed by atoms with van der Waals surface area (Å²) >= 11 is 13.5. The Bertz CT molecular complexity index is 3350. The van der Waals surface area contributed by atoms with E-state index in [9.17, 15) is 24.6 Å². The van der Waals surface area contributed by atoms with E-state index in [-0.39, 0.29) is 149 Å². The van der Waals surface area contributed by atoms with Crippen molar-refractivity contribution in [2.24, 2.45) is 0 Å². The van der Waals surface area contributed by atoms with Crippen LogP contribution in [0.5, 0.6) is 103 Å². The molecule has 25 nitrogen and oxygen atoms in total. The Labute approximate surface area is 607 Å². The molecule has 0 saturated heterocycles. The smallest absolute Gasteiger partial charge is 1.00 e. The Morgan fingerprint density at radius 3 is 1.14 bits per heavy atom. The minimum atomic E-state index is -1.67. The number of carbonyl (C=O) groups is 3. The van der Waals surface area contributed by atoms with Crippen LogP contribution in [-0.4, -0.2) is 137 Å². The Morgan fingerprint density at radius 1 is 0.543 bits per heavy atom. The second-order valence-corrected chi connectivity index (χ2v) is 20.7. The van der Waals surface area contributed by atoms with Crippen molar-refractivity contribution in [1.82, 2.24) is 0 Å². The standard InChI is InChI=1S/C10H9NO3.C10H10O4.C9H9ClO3.2C9H10O4.C8H8O4.CH2BrCl.CN.CH4.Al.Cl2OS.Li.Na.4H/c1-11-5-7-3-8(12-2)10-9(4-7)13-6-14-10;1-6(11)7-3-8(12-2)10-9(4-7)13-5-14-10;2*1-11-7-2-6(4-10)3-8-9(7)13-5-12-8;1-5(10)6-3-7(11)9(12)8(4-6)13-2;1-4(9)5-2-6(10)8(12)7(11)3-5;2-1-3;1-2;;;1-4(2)3;;;;;;/h3-4H,5-6H2,2H3;3-4H,5H2,1-2H3;2-3H,4-5H2,1H3;2-3,10H,4-5H2,1H3;3-4,11-12H,1-2H3;2-3,10-12H,1H3;1H2;;1H4;;;;;;;;/q;;;;;;;-1;;;;2*+1;;;;-1. The fourth-order valence-electron chi connectivity index (χ4n) is 7.00. The van der Waals surface area contributed by atoms with Crippen LogP contribution in [0.15, 0.2) is 72.8 Å². The van der Waals surface area contributed by atoms with Gasteiger partial charge in [0.25, 0.3) is 0 Å². The minimum Gasteiger partial charge on any atom is -1.00 e. The molecule has 0 fully saturated rings. The van der Waals surface area contributed by atoms with Crippen LogP contribution < -0.4 is 110 Å². The number of carbonyl (C=O) groups excluding carboxylic acids is 3. The molecule has 0 aliphatic carbocycles. The van der Waals surface area contributed by atoms with Crippen molar-refractivity contribution in [2.45, 2.75) is 47.2 Å². The summed E-state index contributed by atoms with van der Waals surface area (Å²) in [4.78, 5) is 36.7. The van der Waals surface area contributed by atoms with Crippen molar-refractivity contribution in [3.05, 3.63) is 124 Å². The number of Topliss-reactive ketones (excluding diaryl/α,β-unsaturated/α-hetero) is 3. The van der Waals surface area contributed by atoms with Gasteiger partial charge in [0, 0.05) is 49.5 Å². The summed E-state index contributed by atoms with van der Waals surface area (Å²) in [6.07, 6.45) is 0. The Morgan fingerprint density at radius 2 is 0.815 bits per heavy atom. The van der Waals surface area contributed by atoms with Gasteiger partial charge in [-0.1, -0.05) is 23.4 Å². The molecule has 0 saturated carbocycles. The van der Waals surface area contributed by atoms with Crippen molar-refractivity contribution in [1.29, 1.82) is 5.26 Å². The Kier molecular flexibility index (Phi) is 46.3. The maximum absolute atomic E-state index is 11.2. The Balaban J connectivity index is -0.000000493. The number of aromatic hydroxyl groups is 5. The molecular formula is C58H66AlBrCl4LiN2NaO23S. The largest absolute Gasteiger partial charge is 1.00 e. The molecule has 6 aromatic carbocycles. The molecule has 10 rings (SSSR count). The van der Waals surface area contributed by atoms with E-state index in [1.54, 1.807) is 51.7 Å². The molecule has 6 N–H and O–H groups in total. The van der Waals surface area contributed by atoms with Gasteiger partial charge in [0.15, 0.2) is 109 Å². The molecule has 0 spiro atoms. The van der Waals surface area contributed by atoms with E-state index in [1.807, 2.05) is 18.2 Å². The third-order valence-corrected chi connectivity index (χ3v) is 11.3. The summed E-state index contributed by atoms with van der Waals surface area (Å²) in [7, 11) is 14.9. The van der Waals surface area contributed by atoms with Crippen LogP contribution in [0.25, 0.3) is 4.85 Å². The van der Waals surface area contributed by atoms with Crippen molar-refractivity contribution < 1.29 is 161 Å². The average Bonchev–Trinajstić information content (AvgIpc) is 1.83. The summed E-state index contributed by atoms with van der Waals surface area (Å²) in [5.74, 6) is 5.13. The molecule has 0 aromatic heterocycles. The van der Waals surface area contributed by atoms with Crippen LogP contribution in [0.1, 0.15) is 77.4 Å². The van der Waals surface area contributed by atoms with E-state index in [4.69, 9.17) is 128 Å². The number of aliphatic hydroxyl groups excluding tert-OH is 1. The SMILES string of the molecule is C.CC(=O)c1cc(O)c(O)c(O)c1.COc1cc(C(C)=O)cc(O)c1O.COc1cc(C(C)=O)cc2c1OCO2.COc1cc(CCl)cc2c1OCO2.COc1cc(CO)cc2c1OCO2.ClCBr.O=S(Cl)Cl.[AlH3].[C-]#N.[C-]#[N+]Cc1cc(OC)c2c(c1)OCO2.[H-].[Li+].[Na+]. The van der Waals surface area contributed by atoms with Gasteiger partial charge in [0.05, 0.1) is 46.9 Å². The number of methoxy groups -OCH3 is 5. The molecule has 34 heteroatoms. The minimum absolute atomic E-state index is 0. The molecule has 4 aliphatic rings. The van der Waals surface area contributed by atoms with E-state index in [1.165, 1.54) is 47.1 Å². The number of nitrogens with zero attached hydrogens (tertiary/aromatic N) is 2. The number of ketones is 3. The fourth-order valence-corrected chi connectivity index (χ4v) is 7.15. The van der Waals surface area contributed by atoms with Gasteiger partial charge in [-0.3, -0.25) is 14.4 Å². The average molecular weight is 1470 g/mol. The van der Waals surface area contributed by atoms with Gasteiger partial charge in [-0.25, -0.2) is 10.8 Å². The molecule has 0 atom stereocenters. The van der Waals surface area contributed by atoms with Gasteiger partial charge in [-0.05, 0) is 105 Å². The van der Waals surface area contributed by atoms with Crippen LogP contribution >= 0.6 is 60.5 Å². The first-order valence-corrected chi connectivity index (χ1v) is 29.3. The maximum Gasteiger partial charge on any atom is 1.00 e. The first kappa shape index (κ1) is 89.8. The van der Waals surface area contributed by atoms with Crippen LogP contribution in [0.2, 0.25) is 0 Å². The predicted molar refractivity (Wildman–Crippen MR) is 342 cm³/mol. The molecule has 0 amide bonds. The molecule has 0 unspecified atom stereocenters. The number of hydrogen-bond donors (Lipinski definition) is 6. The molecule has 0 radical (unpaired) electrons. The number of ether oxygens (including phenoxy) is 13. The van der Waals surface area contributed by atoms with Gasteiger partial charge < -0.3 is 110 Å². The summed E-state index contributed by atoms with van der Waals surface area (Å²) in [5, 5.41) is 60.4. The number of fused-ring (bicyclic) bond motifs is 4. The third kappa shape index (κ3) is 28.0.